The van der Waals surface area contributed by atoms with Gasteiger partial charge in [-0.3, -0.25) is 4.79 Å². The normalized spacial score (nSPS) is 22.4. The maximum atomic E-state index is 12.5. The Hall–Kier alpha value is -2.44. The molecule has 1 aromatic rings. The highest BCUT2D eigenvalue weighted by Crippen LogP contribution is 2.29. The standard InChI is InChI=1S/C23H34N2O5/c1-3-16-4-7-19(8-5-16)30-23(28)25-12-10-18(11-13-25)24-22(27)15-17-6-9-20(26)21(14-17)29-2/h6,9,14,16,18-19,26H,3-5,7-8,10-13,15H2,1-2H3,(H,24,27)/t16-,19+. The molecule has 1 heterocycles. The molecule has 1 saturated heterocycles. The van der Waals surface area contributed by atoms with Gasteiger partial charge in [-0.1, -0.05) is 19.4 Å². The number of carbonyl (C=O) groups excluding carboxylic acids is 2. The van der Waals surface area contributed by atoms with Gasteiger partial charge in [0.05, 0.1) is 13.5 Å². The van der Waals surface area contributed by atoms with Crippen LogP contribution in [0.2, 0.25) is 0 Å². The van der Waals surface area contributed by atoms with Crippen LogP contribution in [0.4, 0.5) is 4.79 Å². The van der Waals surface area contributed by atoms with Crippen molar-refractivity contribution in [2.24, 2.45) is 5.92 Å². The van der Waals surface area contributed by atoms with Crippen molar-refractivity contribution in [3.05, 3.63) is 23.8 Å². The van der Waals surface area contributed by atoms with E-state index in [0.29, 0.717) is 18.8 Å². The Morgan fingerprint density at radius 2 is 1.83 bits per heavy atom. The van der Waals surface area contributed by atoms with Gasteiger partial charge in [-0.2, -0.15) is 0 Å². The number of piperidine rings is 1. The number of ether oxygens (including phenoxy) is 2. The lowest BCUT2D eigenvalue weighted by Crippen LogP contribution is -2.47. The molecule has 1 aliphatic carbocycles. The van der Waals surface area contributed by atoms with Crippen molar-refractivity contribution in [2.45, 2.75) is 70.4 Å². The van der Waals surface area contributed by atoms with Crippen molar-refractivity contribution in [2.75, 3.05) is 20.2 Å². The second-order valence-corrected chi connectivity index (χ2v) is 8.45. The lowest BCUT2D eigenvalue weighted by Gasteiger charge is -2.34. The molecule has 0 radical (unpaired) electrons. The first-order chi connectivity index (χ1) is 14.5. The Morgan fingerprint density at radius 1 is 1.13 bits per heavy atom. The van der Waals surface area contributed by atoms with Gasteiger partial charge in [0.25, 0.3) is 0 Å². The predicted octanol–water partition coefficient (Wildman–Crippen LogP) is 3.63. The van der Waals surface area contributed by atoms with E-state index in [-0.39, 0.29) is 36.3 Å². The quantitative estimate of drug-likeness (QED) is 0.737. The predicted molar refractivity (Wildman–Crippen MR) is 114 cm³/mol. The molecular formula is C23H34N2O5. The number of nitrogens with zero attached hydrogens (tertiary/aromatic N) is 1. The zero-order valence-electron chi connectivity index (χ0n) is 18.1. The zero-order valence-corrected chi connectivity index (χ0v) is 18.1. The zero-order chi connectivity index (χ0) is 21.5. The molecule has 7 nitrogen and oxygen atoms in total. The molecule has 0 aromatic heterocycles. The first kappa shape index (κ1) is 22.2. The Kier molecular flexibility index (Phi) is 7.82. The van der Waals surface area contributed by atoms with E-state index < -0.39 is 0 Å². The van der Waals surface area contributed by atoms with E-state index in [4.69, 9.17) is 9.47 Å². The van der Waals surface area contributed by atoms with E-state index in [9.17, 15) is 14.7 Å². The van der Waals surface area contributed by atoms with Crippen LogP contribution in [0, 0.1) is 5.92 Å². The monoisotopic (exact) mass is 418 g/mol. The summed E-state index contributed by atoms with van der Waals surface area (Å²) in [6.45, 7) is 3.42. The van der Waals surface area contributed by atoms with E-state index in [2.05, 4.69) is 12.2 Å². The van der Waals surface area contributed by atoms with Crippen LogP contribution in [0.1, 0.15) is 57.4 Å². The third-order valence-corrected chi connectivity index (χ3v) is 6.37. The molecule has 1 saturated carbocycles. The number of hydrogen-bond donors (Lipinski definition) is 2. The minimum atomic E-state index is -0.212. The fourth-order valence-corrected chi connectivity index (χ4v) is 4.38. The first-order valence-corrected chi connectivity index (χ1v) is 11.1. The van der Waals surface area contributed by atoms with Gasteiger partial charge in [0.1, 0.15) is 6.10 Å². The number of likely N-dealkylation sites (tertiary alicyclic amines) is 1. The van der Waals surface area contributed by atoms with Crippen LogP contribution in [0.25, 0.3) is 0 Å². The van der Waals surface area contributed by atoms with Crippen LogP contribution < -0.4 is 10.1 Å². The van der Waals surface area contributed by atoms with Crippen molar-refractivity contribution in [1.82, 2.24) is 10.2 Å². The fraction of sp³-hybridized carbons (Fsp3) is 0.652. The fourth-order valence-electron chi connectivity index (χ4n) is 4.38. The number of benzene rings is 1. The smallest absolute Gasteiger partial charge is 0.410 e. The molecule has 1 aliphatic heterocycles. The highest BCUT2D eigenvalue weighted by Gasteiger charge is 2.28. The summed E-state index contributed by atoms with van der Waals surface area (Å²) in [7, 11) is 1.48. The van der Waals surface area contributed by atoms with E-state index in [0.717, 1.165) is 50.0 Å². The summed E-state index contributed by atoms with van der Waals surface area (Å²) in [5.74, 6) is 1.12. The summed E-state index contributed by atoms with van der Waals surface area (Å²) < 4.78 is 10.8. The minimum absolute atomic E-state index is 0.0549. The number of phenols is 1. The SMILES string of the molecule is CC[C@H]1CC[C@@H](OC(=O)N2CCC(NC(=O)Cc3ccc(O)c(OC)c3)CC2)CC1. The van der Waals surface area contributed by atoms with Crippen LogP contribution >= 0.6 is 0 Å². The molecule has 2 amide bonds. The lowest BCUT2D eigenvalue weighted by molar-refractivity contribution is -0.121. The number of rotatable bonds is 6. The molecule has 3 rings (SSSR count). The van der Waals surface area contributed by atoms with Crippen molar-refractivity contribution in [3.63, 3.8) is 0 Å². The number of phenolic OH excluding ortho intramolecular Hbond substituents is 1. The van der Waals surface area contributed by atoms with Gasteiger partial charge in [0.15, 0.2) is 11.5 Å². The van der Waals surface area contributed by atoms with Crippen LogP contribution in [0.3, 0.4) is 0 Å². The summed E-state index contributed by atoms with van der Waals surface area (Å²) in [5.41, 5.74) is 0.779. The van der Waals surface area contributed by atoms with Gasteiger partial charge in [-0.25, -0.2) is 4.79 Å². The average Bonchev–Trinajstić information content (AvgIpc) is 2.76. The summed E-state index contributed by atoms with van der Waals surface area (Å²) >= 11 is 0. The number of hydrogen-bond acceptors (Lipinski definition) is 5. The van der Waals surface area contributed by atoms with Crippen LogP contribution in [0.5, 0.6) is 11.5 Å². The van der Waals surface area contributed by atoms with Gasteiger partial charge >= 0.3 is 6.09 Å². The molecule has 0 spiro atoms. The largest absolute Gasteiger partial charge is 0.504 e. The molecule has 2 N–H and O–H groups in total. The van der Waals surface area contributed by atoms with Gasteiger partial charge in [-0.15, -0.1) is 0 Å². The number of aromatic hydroxyl groups is 1. The molecule has 1 aromatic carbocycles. The Labute approximate surface area is 178 Å². The van der Waals surface area contributed by atoms with Crippen molar-refractivity contribution >= 4 is 12.0 Å². The van der Waals surface area contributed by atoms with Crippen molar-refractivity contribution in [1.29, 1.82) is 0 Å². The molecule has 30 heavy (non-hydrogen) atoms. The lowest BCUT2D eigenvalue weighted by atomic mass is 9.86. The molecule has 2 fully saturated rings. The highest BCUT2D eigenvalue weighted by molar-refractivity contribution is 5.79. The van der Waals surface area contributed by atoms with Crippen LogP contribution in [0.15, 0.2) is 18.2 Å². The van der Waals surface area contributed by atoms with Gasteiger partial charge in [0, 0.05) is 19.1 Å². The molecule has 166 valence electrons. The van der Waals surface area contributed by atoms with Crippen LogP contribution in [-0.4, -0.2) is 54.4 Å². The number of carbonyl (C=O) groups is 2. The van der Waals surface area contributed by atoms with E-state index in [1.165, 1.54) is 19.6 Å². The third-order valence-electron chi connectivity index (χ3n) is 6.37. The third kappa shape index (κ3) is 6.03. The summed E-state index contributed by atoms with van der Waals surface area (Å²) in [5, 5.41) is 12.7. The van der Waals surface area contributed by atoms with Crippen molar-refractivity contribution in [3.8, 4) is 11.5 Å². The summed E-state index contributed by atoms with van der Waals surface area (Å²) in [6.07, 6.45) is 6.96. The molecule has 0 atom stereocenters. The molecule has 7 heteroatoms. The Bertz CT molecular complexity index is 722. The molecular weight excluding hydrogens is 384 g/mol. The maximum Gasteiger partial charge on any atom is 0.410 e. The minimum Gasteiger partial charge on any atom is -0.504 e. The number of nitrogens with one attached hydrogen (secondary N) is 1. The van der Waals surface area contributed by atoms with Crippen LogP contribution in [-0.2, 0) is 16.0 Å². The highest BCUT2D eigenvalue weighted by atomic mass is 16.6. The summed E-state index contributed by atoms with van der Waals surface area (Å²) in [6, 6.07) is 4.96. The Balaban J connectivity index is 1.38. The first-order valence-electron chi connectivity index (χ1n) is 11.1. The molecule has 0 unspecified atom stereocenters. The van der Waals surface area contributed by atoms with E-state index >= 15 is 0 Å². The average molecular weight is 419 g/mol. The second-order valence-electron chi connectivity index (χ2n) is 8.45. The Morgan fingerprint density at radius 3 is 2.47 bits per heavy atom. The van der Waals surface area contributed by atoms with E-state index in [1.54, 1.807) is 17.0 Å². The molecule has 0 bridgehead atoms. The molecule has 2 aliphatic rings. The van der Waals surface area contributed by atoms with Gasteiger partial charge in [0.2, 0.25) is 5.91 Å². The number of methoxy groups -OCH3 is 1. The van der Waals surface area contributed by atoms with E-state index in [1.807, 2.05) is 0 Å². The summed E-state index contributed by atoms with van der Waals surface area (Å²) in [4.78, 5) is 26.6. The maximum absolute atomic E-state index is 12.5. The number of amides is 2. The second kappa shape index (κ2) is 10.5. The topological polar surface area (TPSA) is 88.1 Å². The van der Waals surface area contributed by atoms with Crippen molar-refractivity contribution < 1.29 is 24.2 Å². The van der Waals surface area contributed by atoms with Gasteiger partial charge < -0.3 is 24.8 Å². The van der Waals surface area contributed by atoms with Gasteiger partial charge in [-0.05, 0) is 62.1 Å².